The highest BCUT2D eigenvalue weighted by molar-refractivity contribution is 9.10. The second-order valence-electron chi connectivity index (χ2n) is 3.07. The first-order valence-corrected chi connectivity index (χ1v) is 5.36. The highest BCUT2D eigenvalue weighted by atomic mass is 79.9. The summed E-state index contributed by atoms with van der Waals surface area (Å²) in [5, 5.41) is 3.56. The summed E-state index contributed by atoms with van der Waals surface area (Å²) in [7, 11) is 0. The van der Waals surface area contributed by atoms with Crippen molar-refractivity contribution in [3.05, 3.63) is 46.3 Å². The van der Waals surface area contributed by atoms with Crippen LogP contribution < -0.4 is 4.74 Å². The Labute approximate surface area is 100 Å². The van der Waals surface area contributed by atoms with Gasteiger partial charge in [0, 0.05) is 16.1 Å². The standard InChI is InChI=1S/C11H8BrNO3/c12-11-2-1-9(5-8(11)6-14)15-7-10-3-4-13-16-10/h1-6H,7H2. The predicted molar refractivity (Wildman–Crippen MR) is 60.4 cm³/mol. The van der Waals surface area contributed by atoms with E-state index in [-0.39, 0.29) is 0 Å². The maximum absolute atomic E-state index is 10.7. The normalized spacial score (nSPS) is 10.1. The van der Waals surface area contributed by atoms with Gasteiger partial charge in [-0.2, -0.15) is 0 Å². The minimum atomic E-state index is 0.292. The molecule has 0 aliphatic rings. The van der Waals surface area contributed by atoms with Gasteiger partial charge in [0.05, 0.1) is 6.20 Å². The zero-order chi connectivity index (χ0) is 11.4. The van der Waals surface area contributed by atoms with Crippen molar-refractivity contribution in [2.75, 3.05) is 0 Å². The van der Waals surface area contributed by atoms with E-state index < -0.39 is 0 Å². The highest BCUT2D eigenvalue weighted by Crippen LogP contribution is 2.21. The zero-order valence-corrected chi connectivity index (χ0v) is 9.81. The molecule has 82 valence electrons. The van der Waals surface area contributed by atoms with Crippen LogP contribution in [-0.2, 0) is 6.61 Å². The predicted octanol–water partition coefficient (Wildman–Crippen LogP) is 2.83. The van der Waals surface area contributed by atoms with Gasteiger partial charge in [0.25, 0.3) is 0 Å². The Morgan fingerprint density at radius 3 is 3.00 bits per heavy atom. The molecular formula is C11H8BrNO3. The molecule has 1 heterocycles. The molecule has 0 amide bonds. The highest BCUT2D eigenvalue weighted by Gasteiger charge is 2.03. The topological polar surface area (TPSA) is 52.3 Å². The number of benzene rings is 1. The molecule has 5 heteroatoms. The van der Waals surface area contributed by atoms with Crippen molar-refractivity contribution in [3.8, 4) is 5.75 Å². The van der Waals surface area contributed by atoms with Crippen LogP contribution in [0.2, 0.25) is 0 Å². The van der Waals surface area contributed by atoms with Crippen LogP contribution >= 0.6 is 15.9 Å². The van der Waals surface area contributed by atoms with Crippen LogP contribution in [0.15, 0.2) is 39.5 Å². The van der Waals surface area contributed by atoms with Crippen molar-refractivity contribution in [1.29, 1.82) is 0 Å². The molecule has 0 saturated heterocycles. The molecule has 0 saturated carbocycles. The van der Waals surface area contributed by atoms with Gasteiger partial charge in [-0.15, -0.1) is 0 Å². The number of rotatable bonds is 4. The summed E-state index contributed by atoms with van der Waals surface area (Å²) >= 11 is 3.27. The number of carbonyl (C=O) groups is 1. The quantitative estimate of drug-likeness (QED) is 0.809. The zero-order valence-electron chi connectivity index (χ0n) is 8.22. The Morgan fingerprint density at radius 2 is 2.31 bits per heavy atom. The molecule has 0 bridgehead atoms. The lowest BCUT2D eigenvalue weighted by Crippen LogP contribution is -1.94. The van der Waals surface area contributed by atoms with Crippen LogP contribution in [0.4, 0.5) is 0 Å². The first-order chi connectivity index (χ1) is 7.79. The molecule has 16 heavy (non-hydrogen) atoms. The van der Waals surface area contributed by atoms with E-state index in [0.717, 1.165) is 10.8 Å². The van der Waals surface area contributed by atoms with E-state index in [1.807, 2.05) is 0 Å². The average Bonchev–Trinajstić information content (AvgIpc) is 2.81. The van der Waals surface area contributed by atoms with Crippen LogP contribution in [-0.4, -0.2) is 11.4 Å². The molecule has 2 rings (SSSR count). The lowest BCUT2D eigenvalue weighted by Gasteiger charge is -2.04. The largest absolute Gasteiger partial charge is 0.486 e. The molecule has 2 aromatic rings. The number of aromatic nitrogens is 1. The minimum Gasteiger partial charge on any atom is -0.486 e. The van der Waals surface area contributed by atoms with Crippen LogP contribution in [0.1, 0.15) is 16.1 Å². The lowest BCUT2D eigenvalue weighted by atomic mass is 10.2. The van der Waals surface area contributed by atoms with Crippen molar-refractivity contribution in [3.63, 3.8) is 0 Å². The van der Waals surface area contributed by atoms with E-state index in [9.17, 15) is 4.79 Å². The Bertz CT molecular complexity index is 482. The monoisotopic (exact) mass is 281 g/mol. The lowest BCUT2D eigenvalue weighted by molar-refractivity contribution is 0.112. The molecule has 0 N–H and O–H groups in total. The second-order valence-corrected chi connectivity index (χ2v) is 3.92. The van der Waals surface area contributed by atoms with Gasteiger partial charge in [0.15, 0.2) is 12.0 Å². The minimum absolute atomic E-state index is 0.292. The van der Waals surface area contributed by atoms with Gasteiger partial charge in [0.2, 0.25) is 0 Å². The number of nitrogens with zero attached hydrogens (tertiary/aromatic N) is 1. The van der Waals surface area contributed by atoms with Crippen LogP contribution in [0.25, 0.3) is 0 Å². The molecule has 0 unspecified atom stereocenters. The van der Waals surface area contributed by atoms with Gasteiger partial charge in [-0.25, -0.2) is 0 Å². The molecule has 0 spiro atoms. The van der Waals surface area contributed by atoms with E-state index in [0.29, 0.717) is 23.7 Å². The fourth-order valence-electron chi connectivity index (χ4n) is 1.17. The maximum atomic E-state index is 10.7. The average molecular weight is 282 g/mol. The number of hydrogen-bond acceptors (Lipinski definition) is 4. The third-order valence-corrected chi connectivity index (χ3v) is 2.69. The van der Waals surface area contributed by atoms with Crippen molar-refractivity contribution in [2.45, 2.75) is 6.61 Å². The molecule has 0 aliphatic heterocycles. The van der Waals surface area contributed by atoms with Gasteiger partial charge >= 0.3 is 0 Å². The fourth-order valence-corrected chi connectivity index (χ4v) is 1.51. The summed E-state index contributed by atoms with van der Waals surface area (Å²) in [4.78, 5) is 10.7. The van der Waals surface area contributed by atoms with Crippen LogP contribution in [0, 0.1) is 0 Å². The molecular weight excluding hydrogens is 274 g/mol. The first kappa shape index (κ1) is 10.9. The molecule has 0 aliphatic carbocycles. The maximum Gasteiger partial charge on any atom is 0.174 e. The van der Waals surface area contributed by atoms with Crippen molar-refractivity contribution in [1.82, 2.24) is 5.16 Å². The molecule has 4 nitrogen and oxygen atoms in total. The van der Waals surface area contributed by atoms with Crippen LogP contribution in [0.5, 0.6) is 5.75 Å². The third-order valence-electron chi connectivity index (χ3n) is 1.97. The Balaban J connectivity index is 2.07. The van der Waals surface area contributed by atoms with E-state index in [1.54, 1.807) is 30.5 Å². The van der Waals surface area contributed by atoms with Gasteiger partial charge in [0.1, 0.15) is 12.4 Å². The van der Waals surface area contributed by atoms with Crippen LogP contribution in [0.3, 0.4) is 0 Å². The van der Waals surface area contributed by atoms with Crippen molar-refractivity contribution in [2.24, 2.45) is 0 Å². The number of carbonyl (C=O) groups excluding carboxylic acids is 1. The van der Waals surface area contributed by atoms with E-state index in [4.69, 9.17) is 9.26 Å². The number of halogens is 1. The second kappa shape index (κ2) is 4.94. The van der Waals surface area contributed by atoms with E-state index >= 15 is 0 Å². The smallest absolute Gasteiger partial charge is 0.174 e. The summed E-state index contributed by atoms with van der Waals surface area (Å²) in [5.41, 5.74) is 0.551. The Morgan fingerprint density at radius 1 is 1.44 bits per heavy atom. The SMILES string of the molecule is O=Cc1cc(OCc2ccno2)ccc1Br. The summed E-state index contributed by atoms with van der Waals surface area (Å²) in [6, 6.07) is 6.92. The summed E-state index contributed by atoms with van der Waals surface area (Å²) in [5.74, 6) is 1.25. The number of aldehydes is 1. The van der Waals surface area contributed by atoms with Gasteiger partial charge < -0.3 is 9.26 Å². The van der Waals surface area contributed by atoms with Gasteiger partial charge in [-0.05, 0) is 18.2 Å². The summed E-state index contributed by atoms with van der Waals surface area (Å²) in [6.45, 7) is 0.292. The Hall–Kier alpha value is -1.62. The number of hydrogen-bond donors (Lipinski definition) is 0. The van der Waals surface area contributed by atoms with Gasteiger partial charge in [-0.1, -0.05) is 21.1 Å². The fraction of sp³-hybridized carbons (Fsp3) is 0.0909. The molecule has 1 aromatic heterocycles. The van der Waals surface area contributed by atoms with Crippen molar-refractivity contribution >= 4 is 22.2 Å². The molecule has 0 atom stereocenters. The number of ether oxygens (including phenoxy) is 1. The molecule has 1 aromatic carbocycles. The van der Waals surface area contributed by atoms with E-state index in [1.165, 1.54) is 0 Å². The van der Waals surface area contributed by atoms with Crippen molar-refractivity contribution < 1.29 is 14.1 Å². The van der Waals surface area contributed by atoms with E-state index in [2.05, 4.69) is 21.1 Å². The molecule has 0 radical (unpaired) electrons. The van der Waals surface area contributed by atoms with Gasteiger partial charge in [-0.3, -0.25) is 4.79 Å². The summed E-state index contributed by atoms with van der Waals surface area (Å²) in [6.07, 6.45) is 2.32. The molecule has 0 fully saturated rings. The first-order valence-electron chi connectivity index (χ1n) is 4.56. The summed E-state index contributed by atoms with van der Waals surface area (Å²) < 4.78 is 11.1. The third kappa shape index (κ3) is 2.49. The Kier molecular flexibility index (Phi) is 3.36.